The fraction of sp³-hybridized carbons (Fsp3) is 0.600. The maximum Gasteiger partial charge on any atom is 0.224 e. The van der Waals surface area contributed by atoms with E-state index < -0.39 is 0 Å². The van der Waals surface area contributed by atoms with Gasteiger partial charge in [-0.05, 0) is 47.4 Å². The third-order valence-electron chi connectivity index (χ3n) is 3.32. The van der Waals surface area contributed by atoms with E-state index in [2.05, 4.69) is 31.2 Å². The highest BCUT2D eigenvalue weighted by Gasteiger charge is 2.56. The monoisotopic (exact) mass is 285 g/mol. The Bertz CT molecular complexity index is 393. The normalized spacial score (nSPS) is 31.7. The molecule has 3 aliphatic carbocycles. The Morgan fingerprint density at radius 2 is 2.27 bits per heavy atom. The van der Waals surface area contributed by atoms with Crippen LogP contribution < -0.4 is 5.32 Å². The highest BCUT2D eigenvalue weighted by molar-refractivity contribution is 9.10. The molecule has 3 fully saturated rings. The second-order valence-electron chi connectivity index (χ2n) is 4.43. The Labute approximate surface area is 102 Å². The smallest absolute Gasteiger partial charge is 0.224 e. The van der Waals surface area contributed by atoms with Crippen LogP contribution in [0.3, 0.4) is 0 Å². The van der Waals surface area contributed by atoms with Gasteiger partial charge in [0, 0.05) is 11.7 Å². The summed E-state index contributed by atoms with van der Waals surface area (Å²) in [6.45, 7) is 0. The van der Waals surface area contributed by atoms with E-state index in [1.165, 1.54) is 19.3 Å². The van der Waals surface area contributed by atoms with Crippen molar-refractivity contribution in [1.29, 1.82) is 0 Å². The first-order valence-corrected chi connectivity index (χ1v) is 7.07. The van der Waals surface area contributed by atoms with Crippen LogP contribution in [0.5, 0.6) is 0 Å². The van der Waals surface area contributed by atoms with Gasteiger partial charge in [0.05, 0.1) is 4.47 Å². The number of nitrogens with one attached hydrogen (secondary N) is 1. The highest BCUT2D eigenvalue weighted by atomic mass is 79.9. The molecular formula is C10H12BrN3S. The topological polar surface area (TPSA) is 37.8 Å². The molecule has 1 aromatic rings. The summed E-state index contributed by atoms with van der Waals surface area (Å²) in [6.07, 6.45) is 7.77. The summed E-state index contributed by atoms with van der Waals surface area (Å²) in [5.74, 6) is 1.76. The van der Waals surface area contributed by atoms with Crippen LogP contribution in [0.4, 0.5) is 5.95 Å². The summed E-state index contributed by atoms with van der Waals surface area (Å²) >= 11 is 5.07. The lowest BCUT2D eigenvalue weighted by Crippen LogP contribution is -2.63. The van der Waals surface area contributed by atoms with Crippen molar-refractivity contribution in [2.45, 2.75) is 29.8 Å². The van der Waals surface area contributed by atoms with Gasteiger partial charge >= 0.3 is 0 Å². The van der Waals surface area contributed by atoms with Crippen molar-refractivity contribution in [2.75, 3.05) is 11.6 Å². The number of aromatic nitrogens is 2. The highest BCUT2D eigenvalue weighted by Crippen LogP contribution is 2.58. The molecule has 1 aromatic heterocycles. The molecule has 0 atom stereocenters. The van der Waals surface area contributed by atoms with E-state index in [4.69, 9.17) is 0 Å². The van der Waals surface area contributed by atoms with Gasteiger partial charge in [0.15, 0.2) is 0 Å². The Morgan fingerprint density at radius 3 is 2.80 bits per heavy atom. The zero-order chi connectivity index (χ0) is 10.5. The molecule has 3 saturated carbocycles. The van der Waals surface area contributed by atoms with E-state index in [0.717, 1.165) is 21.4 Å². The average molecular weight is 286 g/mol. The molecule has 1 N–H and O–H groups in total. The van der Waals surface area contributed by atoms with Gasteiger partial charge in [-0.15, -0.1) is 11.8 Å². The first kappa shape index (κ1) is 9.90. The molecule has 1 heterocycles. The number of rotatable bonds is 3. The van der Waals surface area contributed by atoms with E-state index in [9.17, 15) is 0 Å². The van der Waals surface area contributed by atoms with Crippen LogP contribution in [-0.4, -0.2) is 21.8 Å². The summed E-state index contributed by atoms with van der Waals surface area (Å²) in [5, 5.41) is 4.47. The summed E-state index contributed by atoms with van der Waals surface area (Å²) in [7, 11) is 0. The van der Waals surface area contributed by atoms with E-state index in [1.54, 1.807) is 11.8 Å². The summed E-state index contributed by atoms with van der Waals surface area (Å²) < 4.78 is 0.971. The molecule has 0 amide bonds. The van der Waals surface area contributed by atoms with Crippen LogP contribution in [0.25, 0.3) is 0 Å². The van der Waals surface area contributed by atoms with Gasteiger partial charge in [-0.3, -0.25) is 0 Å². The number of anilines is 1. The Hall–Kier alpha value is -0.290. The minimum Gasteiger partial charge on any atom is -0.349 e. The molecule has 4 rings (SSSR count). The second kappa shape index (κ2) is 3.35. The van der Waals surface area contributed by atoms with Gasteiger partial charge in [0.2, 0.25) is 5.95 Å². The van der Waals surface area contributed by atoms with Crippen molar-refractivity contribution in [3.63, 3.8) is 0 Å². The van der Waals surface area contributed by atoms with Crippen LogP contribution in [0.15, 0.2) is 15.7 Å². The largest absolute Gasteiger partial charge is 0.349 e. The van der Waals surface area contributed by atoms with Crippen molar-refractivity contribution in [2.24, 2.45) is 5.92 Å². The first-order valence-electron chi connectivity index (χ1n) is 5.05. The zero-order valence-corrected chi connectivity index (χ0v) is 10.9. The minimum absolute atomic E-state index is 0.355. The zero-order valence-electron chi connectivity index (χ0n) is 8.46. The molecule has 15 heavy (non-hydrogen) atoms. The van der Waals surface area contributed by atoms with Crippen molar-refractivity contribution in [1.82, 2.24) is 9.97 Å². The standard InChI is InChI=1S/C10H12BrN3S/c1-15-8-7(11)5-12-9(13-8)14-10-2-6(3-10)4-10/h5-6H,2-4H2,1H3,(H,12,13,14). The van der Waals surface area contributed by atoms with Crippen LogP contribution in [0, 0.1) is 5.92 Å². The van der Waals surface area contributed by atoms with E-state index in [-0.39, 0.29) is 0 Å². The summed E-state index contributed by atoms with van der Waals surface area (Å²) in [6, 6.07) is 0. The van der Waals surface area contributed by atoms with Gasteiger partial charge in [0.1, 0.15) is 5.03 Å². The molecular weight excluding hydrogens is 274 g/mol. The van der Waals surface area contributed by atoms with Gasteiger partial charge in [0.25, 0.3) is 0 Å². The maximum absolute atomic E-state index is 4.48. The van der Waals surface area contributed by atoms with Gasteiger partial charge in [-0.1, -0.05) is 0 Å². The molecule has 0 unspecified atom stereocenters. The lowest BCUT2D eigenvalue weighted by atomic mass is 9.50. The fourth-order valence-electron chi connectivity index (χ4n) is 2.42. The van der Waals surface area contributed by atoms with Crippen LogP contribution in [0.2, 0.25) is 0 Å². The SMILES string of the molecule is CSc1nc(NC23CC(C2)C3)ncc1Br. The van der Waals surface area contributed by atoms with Gasteiger partial charge in [-0.25, -0.2) is 9.97 Å². The lowest BCUT2D eigenvalue weighted by Gasteiger charge is -2.61. The quantitative estimate of drug-likeness (QED) is 0.685. The number of thioether (sulfide) groups is 1. The van der Waals surface area contributed by atoms with Crippen molar-refractivity contribution in [3.8, 4) is 0 Å². The molecule has 3 aliphatic rings. The lowest BCUT2D eigenvalue weighted by molar-refractivity contribution is 0.00141. The minimum atomic E-state index is 0.355. The molecule has 0 radical (unpaired) electrons. The average Bonchev–Trinajstić information content (AvgIpc) is 2.12. The van der Waals surface area contributed by atoms with Crippen LogP contribution >= 0.6 is 27.7 Å². The fourth-order valence-corrected chi connectivity index (χ4v) is 3.53. The molecule has 0 saturated heterocycles. The Kier molecular flexibility index (Phi) is 2.21. The van der Waals surface area contributed by atoms with Gasteiger partial charge < -0.3 is 5.32 Å². The number of halogens is 1. The first-order chi connectivity index (χ1) is 7.21. The number of nitrogens with zero attached hydrogens (tertiary/aromatic N) is 2. The van der Waals surface area contributed by atoms with Crippen molar-refractivity contribution >= 4 is 33.6 Å². The molecule has 80 valence electrons. The Morgan fingerprint density at radius 1 is 1.53 bits per heavy atom. The van der Waals surface area contributed by atoms with E-state index in [1.807, 2.05) is 12.5 Å². The molecule has 5 heteroatoms. The molecule has 0 spiro atoms. The van der Waals surface area contributed by atoms with Crippen LogP contribution in [0.1, 0.15) is 19.3 Å². The second-order valence-corrected chi connectivity index (χ2v) is 6.08. The molecule has 3 nitrogen and oxygen atoms in total. The number of hydrogen-bond acceptors (Lipinski definition) is 4. The molecule has 2 bridgehead atoms. The van der Waals surface area contributed by atoms with Crippen molar-refractivity contribution in [3.05, 3.63) is 10.7 Å². The predicted octanol–water partition coefficient (Wildman–Crippen LogP) is 2.93. The van der Waals surface area contributed by atoms with E-state index in [0.29, 0.717) is 5.54 Å². The summed E-state index contributed by atoms with van der Waals surface area (Å²) in [4.78, 5) is 8.77. The predicted molar refractivity (Wildman–Crippen MR) is 65.2 cm³/mol. The van der Waals surface area contributed by atoms with Gasteiger partial charge in [-0.2, -0.15) is 0 Å². The number of hydrogen-bond donors (Lipinski definition) is 1. The van der Waals surface area contributed by atoms with Crippen LogP contribution in [-0.2, 0) is 0 Å². The van der Waals surface area contributed by atoms with Crippen molar-refractivity contribution < 1.29 is 0 Å². The molecule has 0 aromatic carbocycles. The third kappa shape index (κ3) is 1.56. The maximum atomic E-state index is 4.48. The van der Waals surface area contributed by atoms with E-state index >= 15 is 0 Å². The summed E-state index contributed by atoms with van der Waals surface area (Å²) in [5.41, 5.74) is 0.355. The molecule has 0 aliphatic heterocycles. The Balaban J connectivity index is 1.79. The third-order valence-corrected chi connectivity index (χ3v) is 4.86.